The second-order valence-electron chi connectivity index (χ2n) is 10.5. The minimum Gasteiger partial charge on any atom is -0.484 e. The molecule has 1 unspecified atom stereocenters. The van der Waals surface area contributed by atoms with Crippen LogP contribution in [0.25, 0.3) is 0 Å². The number of fused-ring (bicyclic) bond motifs is 1. The largest absolute Gasteiger partial charge is 0.484 e. The van der Waals surface area contributed by atoms with Gasteiger partial charge in [-0.1, -0.05) is 11.6 Å². The van der Waals surface area contributed by atoms with Crippen LogP contribution in [0.15, 0.2) is 16.9 Å². The van der Waals surface area contributed by atoms with E-state index in [1.54, 1.807) is 6.07 Å². The van der Waals surface area contributed by atoms with E-state index >= 15 is 0 Å². The number of rotatable bonds is 5. The number of morpholine rings is 1. The van der Waals surface area contributed by atoms with Crippen LogP contribution in [-0.4, -0.2) is 60.8 Å². The van der Waals surface area contributed by atoms with Crippen molar-refractivity contribution in [2.75, 3.05) is 32.9 Å². The third-order valence-corrected chi connectivity index (χ3v) is 8.37. The fourth-order valence-corrected chi connectivity index (χ4v) is 6.19. The Hall–Kier alpha value is -2.55. The quantitative estimate of drug-likeness (QED) is 0.610. The number of carbonyl (C=O) groups excluding carboxylic acids is 1. The van der Waals surface area contributed by atoms with Crippen molar-refractivity contribution < 1.29 is 19.0 Å². The van der Waals surface area contributed by atoms with E-state index in [2.05, 4.69) is 15.2 Å². The van der Waals surface area contributed by atoms with Gasteiger partial charge in [-0.05, 0) is 70.1 Å². The lowest BCUT2D eigenvalue weighted by Crippen LogP contribution is -2.47. The number of aromatic nitrogens is 1. The van der Waals surface area contributed by atoms with Gasteiger partial charge in [0.1, 0.15) is 12.7 Å². The molecule has 0 spiro atoms. The van der Waals surface area contributed by atoms with E-state index in [-0.39, 0.29) is 24.1 Å². The number of hydrogen-bond donors (Lipinski definition) is 2. The molecule has 8 nitrogen and oxygen atoms in total. The van der Waals surface area contributed by atoms with Gasteiger partial charge in [0.05, 0.1) is 18.2 Å². The van der Waals surface area contributed by atoms with Crippen molar-refractivity contribution in [1.82, 2.24) is 15.2 Å². The van der Waals surface area contributed by atoms with E-state index in [4.69, 9.17) is 25.8 Å². The molecule has 1 saturated heterocycles. The number of halogens is 1. The molecule has 37 heavy (non-hydrogen) atoms. The van der Waals surface area contributed by atoms with Crippen LogP contribution in [-0.2, 0) is 11.3 Å². The molecule has 2 N–H and O–H groups in total. The summed E-state index contributed by atoms with van der Waals surface area (Å²) in [6.07, 6.45) is 4.40. The van der Waals surface area contributed by atoms with Crippen molar-refractivity contribution in [3.8, 4) is 11.5 Å². The summed E-state index contributed by atoms with van der Waals surface area (Å²) in [5, 5.41) is 3.23. The van der Waals surface area contributed by atoms with Gasteiger partial charge < -0.3 is 24.5 Å². The average Bonchev–Trinajstić information content (AvgIpc) is 2.90. The lowest BCUT2D eigenvalue weighted by Gasteiger charge is -2.41. The Morgan fingerprint density at radius 2 is 1.84 bits per heavy atom. The number of hydrogen-bond acceptors (Lipinski definition) is 6. The summed E-state index contributed by atoms with van der Waals surface area (Å²) in [5.41, 5.74) is 3.08. The topological polar surface area (TPSA) is 92.9 Å². The number of carbonyl (C=O) groups is 1. The Morgan fingerprint density at radius 1 is 1.11 bits per heavy atom. The van der Waals surface area contributed by atoms with Gasteiger partial charge in [-0.3, -0.25) is 14.5 Å². The predicted molar refractivity (Wildman–Crippen MR) is 142 cm³/mol. The smallest absolute Gasteiger partial charge is 0.253 e. The number of aryl methyl sites for hydroxylation is 2. The van der Waals surface area contributed by atoms with E-state index < -0.39 is 0 Å². The van der Waals surface area contributed by atoms with Gasteiger partial charge in [0, 0.05) is 48.1 Å². The molecule has 9 heteroatoms. The highest BCUT2D eigenvalue weighted by molar-refractivity contribution is 6.32. The molecule has 3 aliphatic rings. The molecule has 2 aliphatic heterocycles. The van der Waals surface area contributed by atoms with Crippen LogP contribution in [0.2, 0.25) is 5.02 Å². The molecular formula is C28H36ClN3O5. The van der Waals surface area contributed by atoms with Crippen molar-refractivity contribution in [3.05, 3.63) is 55.5 Å². The molecule has 5 rings (SSSR count). The maximum absolute atomic E-state index is 13.1. The maximum atomic E-state index is 13.1. The van der Waals surface area contributed by atoms with Crippen molar-refractivity contribution in [2.45, 2.75) is 65.1 Å². The van der Waals surface area contributed by atoms with Gasteiger partial charge in [0.25, 0.3) is 11.5 Å². The molecule has 1 aromatic carbocycles. The minimum absolute atomic E-state index is 0.0695. The number of amides is 1. The van der Waals surface area contributed by atoms with Gasteiger partial charge in [-0.25, -0.2) is 0 Å². The second kappa shape index (κ2) is 11.1. The van der Waals surface area contributed by atoms with Gasteiger partial charge in [-0.2, -0.15) is 0 Å². The number of aromatic amines is 1. The normalized spacial score (nSPS) is 24.1. The number of nitrogens with zero attached hydrogens (tertiary/aromatic N) is 1. The van der Waals surface area contributed by atoms with E-state index in [0.717, 1.165) is 63.2 Å². The molecule has 1 atom stereocenters. The molecule has 1 amide bonds. The highest BCUT2D eigenvalue weighted by Gasteiger charge is 2.36. The van der Waals surface area contributed by atoms with E-state index in [1.165, 1.54) is 0 Å². The van der Waals surface area contributed by atoms with Crippen molar-refractivity contribution >= 4 is 17.5 Å². The molecule has 2 fully saturated rings. The molecule has 3 heterocycles. The first-order chi connectivity index (χ1) is 17.8. The number of H-pyrrole nitrogens is 1. The van der Waals surface area contributed by atoms with E-state index in [9.17, 15) is 9.59 Å². The summed E-state index contributed by atoms with van der Waals surface area (Å²) in [5.74, 6) is 1.14. The zero-order chi connectivity index (χ0) is 26.1. The van der Waals surface area contributed by atoms with Gasteiger partial charge in [0.15, 0.2) is 11.5 Å². The molecule has 200 valence electrons. The molecule has 1 aliphatic carbocycles. The van der Waals surface area contributed by atoms with Gasteiger partial charge >= 0.3 is 0 Å². The van der Waals surface area contributed by atoms with Gasteiger partial charge in [-0.15, -0.1) is 0 Å². The standard InChI is InChI=1S/C28H36ClN3O5/c1-16-12-17(2)31-28(34)22(16)14-30-27(33)21-13-23(29)26-25(18(21)3)37-24(15-36-26)19-4-6-20(7-5-19)32-8-10-35-11-9-32/h12-13,19-20,24H,4-11,14-15H2,1-3H3,(H,30,33)(H,31,34). The Balaban J connectivity index is 1.26. The fourth-order valence-electron chi connectivity index (χ4n) is 5.94. The lowest BCUT2D eigenvalue weighted by atomic mass is 9.82. The Morgan fingerprint density at radius 3 is 2.54 bits per heavy atom. The SMILES string of the molecule is Cc1cc(C)c(CNC(=O)c2cc(Cl)c3c(c2C)OC(C2CCC(N4CCOCC4)CC2)CO3)c(=O)[nH]1. The molecule has 2 aromatic rings. The lowest BCUT2D eigenvalue weighted by molar-refractivity contribution is -0.0118. The third-order valence-electron chi connectivity index (χ3n) is 8.09. The fraction of sp³-hybridized carbons (Fsp3) is 0.571. The first kappa shape index (κ1) is 26.1. The Labute approximate surface area is 222 Å². The van der Waals surface area contributed by atoms with Crippen LogP contribution < -0.4 is 20.3 Å². The summed E-state index contributed by atoms with van der Waals surface area (Å²) in [7, 11) is 0. The van der Waals surface area contributed by atoms with Crippen LogP contribution >= 0.6 is 11.6 Å². The summed E-state index contributed by atoms with van der Waals surface area (Å²) < 4.78 is 18.1. The first-order valence-electron chi connectivity index (χ1n) is 13.2. The molecule has 1 aromatic heterocycles. The van der Waals surface area contributed by atoms with Crippen molar-refractivity contribution in [2.24, 2.45) is 5.92 Å². The monoisotopic (exact) mass is 529 g/mol. The van der Waals surface area contributed by atoms with E-state index in [0.29, 0.717) is 51.8 Å². The molecule has 1 saturated carbocycles. The van der Waals surface area contributed by atoms with Crippen LogP contribution in [0.1, 0.15) is 58.4 Å². The predicted octanol–water partition coefficient (Wildman–Crippen LogP) is 3.91. The zero-order valence-corrected chi connectivity index (χ0v) is 22.6. The maximum Gasteiger partial charge on any atom is 0.253 e. The summed E-state index contributed by atoms with van der Waals surface area (Å²) >= 11 is 6.53. The van der Waals surface area contributed by atoms with Crippen LogP contribution in [0, 0.1) is 26.7 Å². The number of pyridine rings is 1. The van der Waals surface area contributed by atoms with Crippen molar-refractivity contribution in [1.29, 1.82) is 0 Å². The second-order valence-corrected chi connectivity index (χ2v) is 10.9. The molecule has 0 bridgehead atoms. The zero-order valence-electron chi connectivity index (χ0n) is 21.8. The van der Waals surface area contributed by atoms with Crippen LogP contribution in [0.5, 0.6) is 11.5 Å². The highest BCUT2D eigenvalue weighted by Crippen LogP contribution is 2.45. The summed E-state index contributed by atoms with van der Waals surface area (Å²) in [4.78, 5) is 30.8. The molecule has 0 radical (unpaired) electrons. The Kier molecular flexibility index (Phi) is 7.79. The van der Waals surface area contributed by atoms with Crippen LogP contribution in [0.4, 0.5) is 0 Å². The third kappa shape index (κ3) is 5.52. The number of ether oxygens (including phenoxy) is 3. The summed E-state index contributed by atoms with van der Waals surface area (Å²) in [6, 6.07) is 4.13. The first-order valence-corrected chi connectivity index (χ1v) is 13.6. The summed E-state index contributed by atoms with van der Waals surface area (Å²) in [6.45, 7) is 9.83. The average molecular weight is 530 g/mol. The minimum atomic E-state index is -0.307. The van der Waals surface area contributed by atoms with Crippen LogP contribution in [0.3, 0.4) is 0 Å². The Bertz CT molecular complexity index is 1220. The van der Waals surface area contributed by atoms with E-state index in [1.807, 2.05) is 26.8 Å². The number of nitrogens with one attached hydrogen (secondary N) is 2. The van der Waals surface area contributed by atoms with Crippen molar-refractivity contribution in [3.63, 3.8) is 0 Å². The molecular weight excluding hydrogens is 494 g/mol. The van der Waals surface area contributed by atoms with Gasteiger partial charge in [0.2, 0.25) is 0 Å². The highest BCUT2D eigenvalue weighted by atomic mass is 35.5. The number of benzene rings is 1.